The number of aromatic nitrogens is 1. The van der Waals surface area contributed by atoms with Gasteiger partial charge in [0.1, 0.15) is 5.82 Å². The van der Waals surface area contributed by atoms with Crippen LogP contribution in [-0.4, -0.2) is 40.2 Å². The molecule has 0 spiro atoms. The number of nitrogens with zero attached hydrogens (tertiary/aromatic N) is 1. The van der Waals surface area contributed by atoms with Crippen LogP contribution in [0.5, 0.6) is 5.75 Å². The van der Waals surface area contributed by atoms with Crippen LogP contribution in [-0.2, 0) is 0 Å². The maximum absolute atomic E-state index is 14.5. The molecule has 1 aromatic heterocycles. The van der Waals surface area contributed by atoms with Gasteiger partial charge < -0.3 is 20.5 Å². The van der Waals surface area contributed by atoms with Crippen molar-refractivity contribution in [2.75, 3.05) is 11.9 Å². The largest absolute Gasteiger partial charge is 0.487 e. The number of ether oxygens (including phenoxy) is 1. The number of rotatable bonds is 8. The Morgan fingerprint density at radius 1 is 1.40 bits per heavy atom. The molecule has 0 radical (unpaired) electrons. The molecule has 162 valence electrons. The van der Waals surface area contributed by atoms with Crippen molar-refractivity contribution >= 4 is 11.7 Å². The summed E-state index contributed by atoms with van der Waals surface area (Å²) in [5, 5.41) is 15.6. The zero-order valence-corrected chi connectivity index (χ0v) is 18.0. The first kappa shape index (κ1) is 19.3. The number of amides is 1. The predicted molar refractivity (Wildman–Crippen MR) is 115 cm³/mol. The lowest BCUT2D eigenvalue weighted by molar-refractivity contribution is 0.0947. The first-order valence-corrected chi connectivity index (χ1v) is 10.1. The Hall–Kier alpha value is -2.67. The molecule has 0 unspecified atom stereocenters. The van der Waals surface area contributed by atoms with Gasteiger partial charge in [-0.1, -0.05) is 0 Å². The van der Waals surface area contributed by atoms with Gasteiger partial charge in [0.25, 0.3) is 5.91 Å². The summed E-state index contributed by atoms with van der Waals surface area (Å²) in [7, 11) is 0. The number of benzene rings is 1. The van der Waals surface area contributed by atoms with Crippen molar-refractivity contribution < 1.29 is 21.8 Å². The number of aliphatic hydroxyl groups is 1. The van der Waals surface area contributed by atoms with Crippen molar-refractivity contribution in [1.82, 2.24) is 10.3 Å². The Bertz CT molecular complexity index is 1020. The van der Waals surface area contributed by atoms with Gasteiger partial charge in [0, 0.05) is 17.8 Å². The zero-order valence-electron chi connectivity index (χ0n) is 20.0. The number of anilines is 1. The van der Waals surface area contributed by atoms with E-state index in [1.807, 2.05) is 13.8 Å². The van der Waals surface area contributed by atoms with Crippen LogP contribution in [0.15, 0.2) is 24.4 Å². The van der Waals surface area contributed by atoms with Gasteiger partial charge in [-0.2, -0.15) is 0 Å². The highest BCUT2D eigenvalue weighted by Crippen LogP contribution is 2.33. The third-order valence-electron chi connectivity index (χ3n) is 4.71. The predicted octanol–water partition coefficient (Wildman–Crippen LogP) is 4.06. The molecule has 1 aromatic carbocycles. The normalized spacial score (nSPS) is 15.5. The molecule has 2 aromatic rings. The fourth-order valence-electron chi connectivity index (χ4n) is 3.00. The quantitative estimate of drug-likeness (QED) is 0.603. The van der Waals surface area contributed by atoms with Crippen LogP contribution in [0, 0.1) is 12.7 Å². The van der Waals surface area contributed by atoms with E-state index in [9.17, 15) is 14.3 Å². The summed E-state index contributed by atoms with van der Waals surface area (Å²) in [5.74, 6) is -0.413. The van der Waals surface area contributed by atoms with Crippen molar-refractivity contribution in [2.45, 2.75) is 65.1 Å². The molecule has 6 nitrogen and oxygen atoms in total. The minimum atomic E-state index is -2.51. The third kappa shape index (κ3) is 5.27. The Labute approximate surface area is 179 Å². The number of carbonyl (C=O) groups is 1. The molecule has 0 saturated heterocycles. The van der Waals surface area contributed by atoms with E-state index in [0.29, 0.717) is 22.4 Å². The lowest BCUT2D eigenvalue weighted by atomic mass is 9.98. The molecule has 0 atom stereocenters. The first-order valence-electron chi connectivity index (χ1n) is 11.1. The van der Waals surface area contributed by atoms with Crippen LogP contribution < -0.4 is 15.4 Å². The van der Waals surface area contributed by atoms with Crippen molar-refractivity contribution in [3.8, 4) is 16.9 Å². The highest BCUT2D eigenvalue weighted by Gasteiger charge is 2.26. The smallest absolute Gasteiger partial charge is 0.254 e. The van der Waals surface area contributed by atoms with Gasteiger partial charge >= 0.3 is 0 Å². The Morgan fingerprint density at radius 3 is 2.70 bits per heavy atom. The first-order chi connectivity index (χ1) is 14.8. The minimum Gasteiger partial charge on any atom is -0.487 e. The lowest BCUT2D eigenvalue weighted by Crippen LogP contribution is -2.35. The molecule has 3 N–H and O–H groups in total. The molecular weight excluding hydrogens is 385 g/mol. The molecule has 1 aliphatic rings. The maximum Gasteiger partial charge on any atom is 0.254 e. The fourth-order valence-corrected chi connectivity index (χ4v) is 3.00. The molecule has 1 heterocycles. The van der Waals surface area contributed by atoms with E-state index in [2.05, 4.69) is 15.6 Å². The SMILES string of the molecule is [2H]C([2H])(O)C(C)(C)Nc1ncc(-c2cc(C(=O)NC3CC3)c(F)cc2C)cc1OC(C)C. The number of aryl methyl sites for hydroxylation is 1. The van der Waals surface area contributed by atoms with Crippen LogP contribution in [0.4, 0.5) is 10.2 Å². The Kier molecular flexibility index (Phi) is 5.53. The molecule has 0 bridgehead atoms. The molecule has 30 heavy (non-hydrogen) atoms. The molecule has 1 fully saturated rings. The van der Waals surface area contributed by atoms with Crippen LogP contribution in [0.3, 0.4) is 0 Å². The summed E-state index contributed by atoms with van der Waals surface area (Å²) in [6.45, 7) is 5.94. The van der Waals surface area contributed by atoms with E-state index in [-0.39, 0.29) is 23.5 Å². The summed E-state index contributed by atoms with van der Waals surface area (Å²) in [4.78, 5) is 16.9. The summed E-state index contributed by atoms with van der Waals surface area (Å²) in [5.41, 5.74) is 0.512. The highest BCUT2D eigenvalue weighted by molar-refractivity contribution is 5.96. The summed E-state index contributed by atoms with van der Waals surface area (Å²) >= 11 is 0. The number of pyridine rings is 1. The molecule has 3 rings (SSSR count). The second kappa shape index (κ2) is 8.60. The third-order valence-corrected chi connectivity index (χ3v) is 4.71. The van der Waals surface area contributed by atoms with Gasteiger partial charge in [0.2, 0.25) is 0 Å². The highest BCUT2D eigenvalue weighted by atomic mass is 19.1. The van der Waals surface area contributed by atoms with Gasteiger partial charge in [0.15, 0.2) is 11.6 Å². The number of hydrogen-bond acceptors (Lipinski definition) is 5. The molecule has 1 saturated carbocycles. The lowest BCUT2D eigenvalue weighted by Gasteiger charge is -2.26. The Balaban J connectivity index is 2.02. The monoisotopic (exact) mass is 417 g/mol. The molecular formula is C23H30FN3O3. The van der Waals surface area contributed by atoms with Crippen LogP contribution in [0.2, 0.25) is 0 Å². The van der Waals surface area contributed by atoms with Crippen LogP contribution >= 0.6 is 0 Å². The Morgan fingerprint density at radius 2 is 2.10 bits per heavy atom. The van der Waals surface area contributed by atoms with E-state index in [0.717, 1.165) is 12.8 Å². The second-order valence-electron chi connectivity index (χ2n) is 8.49. The molecule has 0 aliphatic heterocycles. The zero-order chi connectivity index (χ0) is 23.8. The maximum atomic E-state index is 14.5. The average molecular weight is 418 g/mol. The van der Waals surface area contributed by atoms with Crippen LogP contribution in [0.25, 0.3) is 11.1 Å². The number of nitrogens with one attached hydrogen (secondary N) is 2. The van der Waals surface area contributed by atoms with E-state index in [1.54, 1.807) is 19.2 Å². The van der Waals surface area contributed by atoms with Gasteiger partial charge in [-0.15, -0.1) is 0 Å². The van der Waals surface area contributed by atoms with Crippen molar-refractivity contribution in [3.63, 3.8) is 0 Å². The molecule has 1 amide bonds. The number of halogens is 1. The number of hydrogen-bond donors (Lipinski definition) is 3. The van der Waals surface area contributed by atoms with E-state index in [1.165, 1.54) is 26.0 Å². The van der Waals surface area contributed by atoms with E-state index >= 15 is 0 Å². The van der Waals surface area contributed by atoms with E-state index < -0.39 is 23.8 Å². The summed E-state index contributed by atoms with van der Waals surface area (Å²) in [6.07, 6.45) is 3.16. The van der Waals surface area contributed by atoms with Gasteiger partial charge in [-0.05, 0) is 76.8 Å². The minimum absolute atomic E-state index is 0.0272. The van der Waals surface area contributed by atoms with Gasteiger partial charge in [0.05, 0.1) is 26.5 Å². The van der Waals surface area contributed by atoms with Crippen molar-refractivity contribution in [2.24, 2.45) is 0 Å². The van der Waals surface area contributed by atoms with Gasteiger partial charge in [-0.25, -0.2) is 9.37 Å². The van der Waals surface area contributed by atoms with Crippen LogP contribution in [0.1, 0.15) is 59.2 Å². The van der Waals surface area contributed by atoms with Crippen molar-refractivity contribution in [1.29, 1.82) is 0 Å². The number of carbonyl (C=O) groups excluding carboxylic acids is 1. The molecule has 1 aliphatic carbocycles. The topological polar surface area (TPSA) is 83.5 Å². The fraction of sp³-hybridized carbons (Fsp3) is 0.478. The summed E-state index contributed by atoms with van der Waals surface area (Å²) in [6, 6.07) is 4.67. The van der Waals surface area contributed by atoms with Gasteiger partial charge in [-0.3, -0.25) is 4.79 Å². The molecule has 7 heteroatoms. The standard InChI is InChI=1S/C23H30FN3O3/c1-13(2)30-20-9-15(11-25-21(20)27-23(4,5)12-28)17-10-18(19(24)8-14(17)3)22(29)26-16-6-7-16/h8-11,13,16,28H,6-7,12H2,1-5H3,(H,25,27)(H,26,29)/i12D2. The average Bonchev–Trinajstić information content (AvgIpc) is 3.45. The summed E-state index contributed by atoms with van der Waals surface area (Å²) < 4.78 is 35.7. The van der Waals surface area contributed by atoms with E-state index in [4.69, 9.17) is 7.48 Å². The van der Waals surface area contributed by atoms with Crippen molar-refractivity contribution in [3.05, 3.63) is 41.3 Å². The second-order valence-corrected chi connectivity index (χ2v) is 8.49.